The van der Waals surface area contributed by atoms with Crippen LogP contribution in [0.15, 0.2) is 47.4 Å². The van der Waals surface area contributed by atoms with Gasteiger partial charge >= 0.3 is 0 Å². The van der Waals surface area contributed by atoms with E-state index in [1.54, 1.807) is 23.7 Å². The van der Waals surface area contributed by atoms with E-state index in [4.69, 9.17) is 5.73 Å². The Kier molecular flexibility index (Phi) is 3.88. The lowest BCUT2D eigenvalue weighted by Crippen LogP contribution is -1.74. The molecule has 0 atom stereocenters. The fourth-order valence-corrected chi connectivity index (χ4v) is 1.14. The van der Waals surface area contributed by atoms with Crippen LogP contribution in [0.4, 0.5) is 5.69 Å². The first-order valence-electron chi connectivity index (χ1n) is 3.52. The van der Waals surface area contributed by atoms with Crippen LogP contribution in [0.3, 0.4) is 0 Å². The summed E-state index contributed by atoms with van der Waals surface area (Å²) in [6.45, 7) is 0. The van der Waals surface area contributed by atoms with E-state index in [-0.39, 0.29) is 0 Å². The fraction of sp³-hybridized carbons (Fsp3) is 0. The summed E-state index contributed by atoms with van der Waals surface area (Å²) in [7, 11) is 0. The highest BCUT2D eigenvalue weighted by molar-refractivity contribution is 7.08. The van der Waals surface area contributed by atoms with Crippen LogP contribution in [0.25, 0.3) is 0 Å². The van der Waals surface area contributed by atoms with Crippen molar-refractivity contribution < 1.29 is 0 Å². The number of anilines is 1. The van der Waals surface area contributed by atoms with Gasteiger partial charge in [-0.3, -0.25) is 4.98 Å². The molecule has 0 aliphatic carbocycles. The molecule has 2 rings (SSSR count). The van der Waals surface area contributed by atoms with E-state index in [9.17, 15) is 0 Å². The van der Waals surface area contributed by atoms with Gasteiger partial charge in [-0.2, -0.15) is 11.3 Å². The number of aromatic nitrogens is 1. The molecule has 0 unspecified atom stereocenters. The zero-order valence-corrected chi connectivity index (χ0v) is 7.37. The summed E-state index contributed by atoms with van der Waals surface area (Å²) in [5.41, 5.74) is 6.15. The van der Waals surface area contributed by atoms with Gasteiger partial charge in [0.05, 0.1) is 0 Å². The second kappa shape index (κ2) is 5.32. The Morgan fingerprint density at radius 1 is 1.17 bits per heavy atom. The van der Waals surface area contributed by atoms with Gasteiger partial charge in [0.25, 0.3) is 0 Å². The topological polar surface area (TPSA) is 38.9 Å². The molecule has 2 heterocycles. The van der Waals surface area contributed by atoms with Gasteiger partial charge in [0.15, 0.2) is 0 Å². The summed E-state index contributed by atoms with van der Waals surface area (Å²) >= 11 is 1.61. The molecule has 0 radical (unpaired) electrons. The van der Waals surface area contributed by atoms with Gasteiger partial charge in [0.1, 0.15) is 0 Å². The highest BCUT2D eigenvalue weighted by Gasteiger charge is 1.74. The minimum absolute atomic E-state index is 0.861. The Bertz CT molecular complexity index is 252. The SMILES string of the molecule is Nc1ccsc1.c1ccncc1. The average Bonchev–Trinajstić information content (AvgIpc) is 2.60. The number of pyridine rings is 1. The maximum atomic E-state index is 5.29. The van der Waals surface area contributed by atoms with Crippen molar-refractivity contribution in [3.05, 3.63) is 47.4 Å². The van der Waals surface area contributed by atoms with Crippen LogP contribution >= 0.6 is 11.3 Å². The molecule has 0 aliphatic heterocycles. The third-order valence-corrected chi connectivity index (χ3v) is 1.81. The fourth-order valence-electron chi connectivity index (χ4n) is 0.588. The lowest BCUT2D eigenvalue weighted by Gasteiger charge is -1.70. The molecule has 2 aromatic heterocycles. The minimum Gasteiger partial charge on any atom is -0.398 e. The molecule has 12 heavy (non-hydrogen) atoms. The number of hydrogen-bond acceptors (Lipinski definition) is 3. The summed E-state index contributed by atoms with van der Waals surface area (Å²) in [6, 6.07) is 7.59. The van der Waals surface area contributed by atoms with Crippen molar-refractivity contribution in [1.29, 1.82) is 0 Å². The van der Waals surface area contributed by atoms with E-state index in [1.165, 1.54) is 0 Å². The molecule has 0 aliphatic rings. The lowest BCUT2D eigenvalue weighted by molar-refractivity contribution is 1.33. The van der Waals surface area contributed by atoms with E-state index in [1.807, 2.05) is 35.0 Å². The number of rotatable bonds is 0. The Hall–Kier alpha value is -1.35. The van der Waals surface area contributed by atoms with E-state index in [2.05, 4.69) is 4.98 Å². The van der Waals surface area contributed by atoms with Gasteiger partial charge in [-0.1, -0.05) is 6.07 Å². The molecule has 3 heteroatoms. The molecule has 0 spiro atoms. The van der Waals surface area contributed by atoms with Crippen molar-refractivity contribution in [2.75, 3.05) is 5.73 Å². The van der Waals surface area contributed by atoms with Crippen molar-refractivity contribution in [3.8, 4) is 0 Å². The molecule has 0 bridgehead atoms. The molecular formula is C9H10N2S. The van der Waals surface area contributed by atoms with Crippen LogP contribution in [0.1, 0.15) is 0 Å². The molecule has 0 saturated carbocycles. The van der Waals surface area contributed by atoms with E-state index in [0.717, 1.165) is 5.69 Å². The van der Waals surface area contributed by atoms with Crippen molar-refractivity contribution in [1.82, 2.24) is 4.98 Å². The number of hydrogen-bond donors (Lipinski definition) is 1. The van der Waals surface area contributed by atoms with E-state index < -0.39 is 0 Å². The highest BCUT2D eigenvalue weighted by atomic mass is 32.1. The van der Waals surface area contributed by atoms with Crippen LogP contribution in [-0.4, -0.2) is 4.98 Å². The molecular weight excluding hydrogens is 168 g/mol. The van der Waals surface area contributed by atoms with Gasteiger partial charge < -0.3 is 5.73 Å². The number of thiophene rings is 1. The van der Waals surface area contributed by atoms with Gasteiger partial charge in [0.2, 0.25) is 0 Å². The third kappa shape index (κ3) is 3.73. The quantitative estimate of drug-likeness (QED) is 0.672. The van der Waals surface area contributed by atoms with Crippen molar-refractivity contribution >= 4 is 17.0 Å². The van der Waals surface area contributed by atoms with Crippen LogP contribution in [0.5, 0.6) is 0 Å². The second-order valence-electron chi connectivity index (χ2n) is 2.08. The van der Waals surface area contributed by atoms with Crippen molar-refractivity contribution in [2.24, 2.45) is 0 Å². The number of nitrogens with zero attached hydrogens (tertiary/aromatic N) is 1. The molecule has 0 amide bonds. The molecule has 2 nitrogen and oxygen atoms in total. The Labute approximate surface area is 75.7 Å². The molecule has 62 valence electrons. The maximum absolute atomic E-state index is 5.29. The third-order valence-electron chi connectivity index (χ3n) is 1.11. The molecule has 0 saturated heterocycles. The summed E-state index contributed by atoms with van der Waals surface area (Å²) in [4.78, 5) is 3.78. The predicted octanol–water partition coefficient (Wildman–Crippen LogP) is 2.41. The van der Waals surface area contributed by atoms with Crippen LogP contribution in [0.2, 0.25) is 0 Å². The number of nitrogens with two attached hydrogens (primary N) is 1. The zero-order chi connectivity index (χ0) is 8.65. The number of nitrogen functional groups attached to an aromatic ring is 1. The molecule has 2 aromatic rings. The van der Waals surface area contributed by atoms with Crippen molar-refractivity contribution in [2.45, 2.75) is 0 Å². The van der Waals surface area contributed by atoms with Crippen molar-refractivity contribution in [3.63, 3.8) is 0 Å². The second-order valence-corrected chi connectivity index (χ2v) is 2.86. The normalized spacial score (nSPS) is 8.33. The summed E-state index contributed by atoms with van der Waals surface area (Å²) in [5, 5.41) is 3.86. The monoisotopic (exact) mass is 178 g/mol. The zero-order valence-electron chi connectivity index (χ0n) is 6.55. The smallest absolute Gasteiger partial charge is 0.0422 e. The summed E-state index contributed by atoms with van der Waals surface area (Å²) < 4.78 is 0. The first-order valence-corrected chi connectivity index (χ1v) is 4.46. The Morgan fingerprint density at radius 3 is 2.08 bits per heavy atom. The predicted molar refractivity (Wildman–Crippen MR) is 53.0 cm³/mol. The average molecular weight is 178 g/mol. The Morgan fingerprint density at radius 2 is 1.92 bits per heavy atom. The van der Waals surface area contributed by atoms with Gasteiger partial charge in [-0.05, 0) is 23.6 Å². The summed E-state index contributed by atoms with van der Waals surface area (Å²) in [6.07, 6.45) is 3.50. The highest BCUT2D eigenvalue weighted by Crippen LogP contribution is 2.05. The molecule has 2 N–H and O–H groups in total. The van der Waals surface area contributed by atoms with Crippen LogP contribution in [-0.2, 0) is 0 Å². The largest absolute Gasteiger partial charge is 0.398 e. The molecule has 0 fully saturated rings. The first kappa shape index (κ1) is 8.74. The van der Waals surface area contributed by atoms with Crippen LogP contribution < -0.4 is 5.73 Å². The molecule has 0 aromatic carbocycles. The summed E-state index contributed by atoms with van der Waals surface area (Å²) in [5.74, 6) is 0. The van der Waals surface area contributed by atoms with Gasteiger partial charge in [-0.25, -0.2) is 0 Å². The maximum Gasteiger partial charge on any atom is 0.0422 e. The van der Waals surface area contributed by atoms with E-state index in [0.29, 0.717) is 0 Å². The lowest BCUT2D eigenvalue weighted by atomic mass is 10.5. The Balaban J connectivity index is 0.000000120. The minimum atomic E-state index is 0.861. The van der Waals surface area contributed by atoms with E-state index >= 15 is 0 Å². The first-order chi connectivity index (χ1) is 5.89. The van der Waals surface area contributed by atoms with Gasteiger partial charge in [0, 0.05) is 23.5 Å². The standard InChI is InChI=1S/C5H5N.C4H5NS/c1-2-4-6-5-3-1;5-4-1-2-6-3-4/h1-5H;1-3H,5H2. The van der Waals surface area contributed by atoms with Crippen LogP contribution in [0, 0.1) is 0 Å². The van der Waals surface area contributed by atoms with Gasteiger partial charge in [-0.15, -0.1) is 0 Å².